The number of carbonyl (C=O) groups is 1. The molecule has 3 aliphatic rings. The van der Waals surface area contributed by atoms with Crippen LogP contribution in [0.25, 0.3) is 22.2 Å². The normalized spacial score (nSPS) is 24.8. The van der Waals surface area contributed by atoms with E-state index in [1.54, 1.807) is 19.1 Å². The molecular weight excluding hydrogens is 499 g/mol. The molecule has 3 atom stereocenters. The van der Waals surface area contributed by atoms with Crippen LogP contribution in [0.1, 0.15) is 57.0 Å². The van der Waals surface area contributed by atoms with Crippen LogP contribution in [0.2, 0.25) is 0 Å². The van der Waals surface area contributed by atoms with Crippen molar-refractivity contribution in [2.45, 2.75) is 37.6 Å². The topological polar surface area (TPSA) is 95.5 Å². The molecule has 1 amide bonds. The second-order valence-electron chi connectivity index (χ2n) is 9.95. The third-order valence-electron chi connectivity index (χ3n) is 7.48. The lowest BCUT2D eigenvalue weighted by Crippen LogP contribution is -2.35. The third-order valence-corrected chi connectivity index (χ3v) is 7.48. The monoisotopic (exact) mass is 524 g/mol. The Labute approximate surface area is 219 Å². The van der Waals surface area contributed by atoms with Gasteiger partial charge >= 0.3 is 6.61 Å². The second kappa shape index (κ2) is 7.70. The first kappa shape index (κ1) is 19.9. The number of hydrogen-bond donors (Lipinski definition) is 1. The molecule has 2 aromatic carbocycles. The highest BCUT2D eigenvalue weighted by Gasteiger charge is 2.45. The van der Waals surface area contributed by atoms with Gasteiger partial charge in [-0.1, -0.05) is 6.07 Å². The van der Waals surface area contributed by atoms with Crippen LogP contribution in [0.4, 0.5) is 13.2 Å². The number of nitrogens with zero attached hydrogens (tertiary/aromatic N) is 4. The number of aromatic nitrogens is 3. The van der Waals surface area contributed by atoms with E-state index >= 15 is 4.39 Å². The molecule has 11 heteroatoms. The van der Waals surface area contributed by atoms with Gasteiger partial charge in [0.05, 0.1) is 23.1 Å². The summed E-state index contributed by atoms with van der Waals surface area (Å²) in [7, 11) is 0. The fourth-order valence-electron chi connectivity index (χ4n) is 5.80. The molecule has 194 valence electrons. The summed E-state index contributed by atoms with van der Waals surface area (Å²) in [5.41, 5.74) is 6.77. The van der Waals surface area contributed by atoms with Gasteiger partial charge in [-0.3, -0.25) is 9.78 Å². The predicted octanol–water partition coefficient (Wildman–Crippen LogP) is 4.52. The van der Waals surface area contributed by atoms with Gasteiger partial charge in [0.2, 0.25) is 0 Å². The number of hydrogen-bond acceptors (Lipinski definition) is 6. The summed E-state index contributed by atoms with van der Waals surface area (Å²) in [6.45, 7) is -4.09. The Hall–Kier alpha value is -4.12. The SMILES string of the molecule is [2H]C([2H])([2H])N1C(=O)c2cccc(OC(F)F)c2[C@H]2C[C@@H]1c1nc3ccc(-c4cnc5c(c4)OC[C@]5(C)N)c(F)c3n12. The quantitative estimate of drug-likeness (QED) is 0.423. The minimum absolute atomic E-state index is 0.0218. The summed E-state index contributed by atoms with van der Waals surface area (Å²) in [4.78, 5) is 23.2. The van der Waals surface area contributed by atoms with Crippen LogP contribution in [-0.2, 0) is 5.54 Å². The highest BCUT2D eigenvalue weighted by molar-refractivity contribution is 5.98. The summed E-state index contributed by atoms with van der Waals surface area (Å²) in [6, 6.07) is 6.74. The van der Waals surface area contributed by atoms with Crippen LogP contribution in [-0.4, -0.2) is 45.5 Å². The van der Waals surface area contributed by atoms with Crippen LogP contribution >= 0.6 is 0 Å². The van der Waals surface area contributed by atoms with Gasteiger partial charge in [0.15, 0.2) is 5.82 Å². The lowest BCUT2D eigenvalue weighted by Gasteiger charge is -2.24. The number of alkyl halides is 2. The summed E-state index contributed by atoms with van der Waals surface area (Å²) < 4.78 is 79.6. The van der Waals surface area contributed by atoms with E-state index in [1.165, 1.54) is 35.0 Å². The molecule has 0 unspecified atom stereocenters. The zero-order valence-corrected chi connectivity index (χ0v) is 19.9. The maximum atomic E-state index is 16.5. The standard InChI is InChI=1S/C27H22F3N5O3/c1-27(31)11-37-19-8-12(10-32-23(19)27)13-6-7-15-22(21(13)28)35-16-9-17(24(35)33-15)34(2)25(36)14-4-3-5-18(20(14)16)38-26(29)30/h3-8,10,16-17,26H,9,11,31H2,1-2H3/t16-,17-,27+/m1/s1/i2D3. The van der Waals surface area contributed by atoms with Gasteiger partial charge in [-0.05, 0) is 37.3 Å². The number of ether oxygens (including phenoxy) is 2. The van der Waals surface area contributed by atoms with Gasteiger partial charge < -0.3 is 24.7 Å². The zero-order chi connectivity index (χ0) is 29.0. The average Bonchev–Trinajstić information content (AvgIpc) is 3.50. The molecule has 5 heterocycles. The molecular formula is C27H22F3N5O3. The van der Waals surface area contributed by atoms with E-state index in [-0.39, 0.29) is 52.3 Å². The highest BCUT2D eigenvalue weighted by Crippen LogP contribution is 2.51. The van der Waals surface area contributed by atoms with Crippen molar-refractivity contribution in [2.75, 3.05) is 13.6 Å². The maximum Gasteiger partial charge on any atom is 0.387 e. The molecule has 0 aliphatic carbocycles. The van der Waals surface area contributed by atoms with Crippen molar-refractivity contribution in [3.8, 4) is 22.6 Å². The molecule has 0 spiro atoms. The van der Waals surface area contributed by atoms with Crippen LogP contribution in [0.15, 0.2) is 42.6 Å². The number of nitrogens with two attached hydrogens (primary N) is 1. The number of imidazole rings is 1. The number of fused-ring (bicyclic) bond motifs is 10. The van der Waals surface area contributed by atoms with Crippen molar-refractivity contribution in [3.63, 3.8) is 0 Å². The molecule has 4 aromatic rings. The lowest BCUT2D eigenvalue weighted by molar-refractivity contribution is -0.0507. The number of benzene rings is 2. The number of amides is 1. The van der Waals surface area contributed by atoms with Crippen molar-refractivity contribution in [3.05, 3.63) is 71.1 Å². The molecule has 0 radical (unpaired) electrons. The molecule has 2 bridgehead atoms. The van der Waals surface area contributed by atoms with Gasteiger partial charge in [-0.25, -0.2) is 9.37 Å². The summed E-state index contributed by atoms with van der Waals surface area (Å²) in [5, 5.41) is 0. The van der Waals surface area contributed by atoms with Gasteiger partial charge in [-0.2, -0.15) is 8.78 Å². The molecule has 8 nitrogen and oxygen atoms in total. The molecule has 2 aromatic heterocycles. The molecule has 7 rings (SSSR count). The van der Waals surface area contributed by atoms with Crippen molar-refractivity contribution in [1.29, 1.82) is 0 Å². The summed E-state index contributed by atoms with van der Waals surface area (Å²) >= 11 is 0. The van der Waals surface area contributed by atoms with Crippen LogP contribution in [0.5, 0.6) is 11.5 Å². The summed E-state index contributed by atoms with van der Waals surface area (Å²) in [6.07, 6.45) is 1.47. The van der Waals surface area contributed by atoms with Crippen molar-refractivity contribution < 1.29 is 31.6 Å². The van der Waals surface area contributed by atoms with Crippen LogP contribution < -0.4 is 15.2 Å². The minimum atomic E-state index is -3.21. The van der Waals surface area contributed by atoms with Gasteiger partial charge in [-0.15, -0.1) is 0 Å². The van der Waals surface area contributed by atoms with Crippen molar-refractivity contribution >= 4 is 16.9 Å². The zero-order valence-electron chi connectivity index (χ0n) is 22.9. The van der Waals surface area contributed by atoms with E-state index in [2.05, 4.69) is 9.97 Å². The first-order chi connectivity index (χ1) is 19.4. The Balaban J connectivity index is 1.47. The fourth-order valence-corrected chi connectivity index (χ4v) is 5.80. The molecule has 0 fully saturated rings. The Morgan fingerprint density at radius 1 is 1.26 bits per heavy atom. The van der Waals surface area contributed by atoms with Gasteiger partial charge in [0.1, 0.15) is 35.1 Å². The lowest BCUT2D eigenvalue weighted by atomic mass is 9.97. The first-order valence-electron chi connectivity index (χ1n) is 13.4. The number of pyridine rings is 1. The predicted molar refractivity (Wildman–Crippen MR) is 131 cm³/mol. The molecule has 38 heavy (non-hydrogen) atoms. The van der Waals surface area contributed by atoms with E-state index in [0.29, 0.717) is 21.9 Å². The van der Waals surface area contributed by atoms with Gasteiger partial charge in [0.25, 0.3) is 5.91 Å². The van der Waals surface area contributed by atoms with E-state index in [0.717, 1.165) is 0 Å². The van der Waals surface area contributed by atoms with E-state index in [1.807, 2.05) is 0 Å². The number of rotatable bonds is 3. The van der Waals surface area contributed by atoms with Crippen molar-refractivity contribution in [2.24, 2.45) is 5.73 Å². The number of halogens is 3. The van der Waals surface area contributed by atoms with Crippen LogP contribution in [0.3, 0.4) is 0 Å². The Bertz CT molecular complexity index is 1770. The maximum absolute atomic E-state index is 16.5. The van der Waals surface area contributed by atoms with Gasteiger partial charge in [0, 0.05) is 46.0 Å². The van der Waals surface area contributed by atoms with E-state index < -0.39 is 42.9 Å². The smallest absolute Gasteiger partial charge is 0.387 e. The highest BCUT2D eigenvalue weighted by atomic mass is 19.3. The molecule has 0 saturated heterocycles. The Morgan fingerprint density at radius 2 is 2.11 bits per heavy atom. The second-order valence-corrected chi connectivity index (χ2v) is 9.95. The Kier molecular flexibility index (Phi) is 4.04. The fraction of sp³-hybridized carbons (Fsp3) is 0.296. The van der Waals surface area contributed by atoms with Crippen LogP contribution in [0, 0.1) is 5.82 Å². The minimum Gasteiger partial charge on any atom is -0.489 e. The molecule has 2 N–H and O–H groups in total. The number of carbonyl (C=O) groups excluding carboxylic acids is 1. The third kappa shape index (κ3) is 3.05. The largest absolute Gasteiger partial charge is 0.489 e. The average molecular weight is 525 g/mol. The molecule has 3 aliphatic heterocycles. The molecule has 0 saturated carbocycles. The van der Waals surface area contributed by atoms with E-state index in [4.69, 9.17) is 19.3 Å². The Morgan fingerprint density at radius 3 is 2.89 bits per heavy atom. The first-order valence-corrected chi connectivity index (χ1v) is 11.9. The summed E-state index contributed by atoms with van der Waals surface area (Å²) in [5.74, 6) is -1.27. The van der Waals surface area contributed by atoms with E-state index in [9.17, 15) is 13.6 Å². The van der Waals surface area contributed by atoms with Crippen molar-refractivity contribution in [1.82, 2.24) is 19.4 Å².